The fraction of sp³-hybridized carbons (Fsp3) is 0.391. The van der Waals surface area contributed by atoms with E-state index in [0.29, 0.717) is 5.69 Å². The Kier molecular flexibility index (Phi) is 7.61. The van der Waals surface area contributed by atoms with Gasteiger partial charge in [-0.15, -0.1) is 11.3 Å². The number of hydrogen-bond donors (Lipinski definition) is 2. The molecule has 0 saturated heterocycles. The molecule has 1 atom stereocenters. The van der Waals surface area contributed by atoms with Gasteiger partial charge in [-0.2, -0.15) is 5.10 Å². The second-order valence-corrected chi connectivity index (χ2v) is 8.31. The topological polar surface area (TPSA) is 51.4 Å². The summed E-state index contributed by atoms with van der Waals surface area (Å²) >= 11 is 1.63. The van der Waals surface area contributed by atoms with Crippen molar-refractivity contribution in [2.45, 2.75) is 39.7 Å². The van der Waals surface area contributed by atoms with Crippen LogP contribution < -0.4 is 10.2 Å². The van der Waals surface area contributed by atoms with Crippen LogP contribution >= 0.6 is 11.3 Å². The molecular formula is C23H31N4OS+. The lowest BCUT2D eigenvalue weighted by Gasteiger charge is -2.18. The Hall–Kier alpha value is -2.44. The number of nitrogens with zero attached hydrogens (tertiary/aromatic N) is 2. The second kappa shape index (κ2) is 10.4. The van der Waals surface area contributed by atoms with E-state index in [0.717, 1.165) is 48.7 Å². The van der Waals surface area contributed by atoms with Crippen LogP contribution in [0.3, 0.4) is 0 Å². The van der Waals surface area contributed by atoms with Gasteiger partial charge in [0.05, 0.1) is 30.2 Å². The minimum atomic E-state index is -0.0770. The Morgan fingerprint density at radius 2 is 1.93 bits per heavy atom. The molecule has 2 aromatic heterocycles. The zero-order chi connectivity index (χ0) is 20.6. The van der Waals surface area contributed by atoms with Crippen molar-refractivity contribution in [1.29, 1.82) is 0 Å². The summed E-state index contributed by atoms with van der Waals surface area (Å²) in [5.41, 5.74) is 2.28. The summed E-state index contributed by atoms with van der Waals surface area (Å²) in [7, 11) is 0. The summed E-state index contributed by atoms with van der Waals surface area (Å²) in [5, 5.41) is 9.92. The van der Waals surface area contributed by atoms with Crippen molar-refractivity contribution in [2.75, 3.05) is 19.6 Å². The van der Waals surface area contributed by atoms with Crippen molar-refractivity contribution < 1.29 is 9.69 Å². The van der Waals surface area contributed by atoms with Crippen molar-refractivity contribution in [2.24, 2.45) is 0 Å². The summed E-state index contributed by atoms with van der Waals surface area (Å²) < 4.78 is 1.75. The SMILES string of the molecule is CC[NH+](CC)CCC[C@@H](C)NC(=O)c1cc(-c2cccs2)nn1-c1ccccc1. The monoisotopic (exact) mass is 411 g/mol. The maximum Gasteiger partial charge on any atom is 0.270 e. The lowest BCUT2D eigenvalue weighted by molar-refractivity contribution is -0.896. The number of amides is 1. The fourth-order valence-corrected chi connectivity index (χ4v) is 4.17. The van der Waals surface area contributed by atoms with Gasteiger partial charge in [0.15, 0.2) is 0 Å². The minimum absolute atomic E-state index is 0.0770. The Morgan fingerprint density at radius 3 is 2.59 bits per heavy atom. The zero-order valence-corrected chi connectivity index (χ0v) is 18.3. The standard InChI is InChI=1S/C23H30N4OS/c1-4-26(5-2)15-9-11-18(3)24-23(28)21-17-20(22-14-10-16-29-22)25-27(21)19-12-7-6-8-13-19/h6-8,10,12-14,16-18H,4-5,9,11,15H2,1-3H3,(H,24,28)/p+1/t18-/m1/s1. The van der Waals surface area contributed by atoms with E-state index >= 15 is 0 Å². The number of nitrogens with one attached hydrogen (secondary N) is 2. The van der Waals surface area contributed by atoms with Crippen LogP contribution in [0, 0.1) is 0 Å². The number of quaternary nitrogens is 1. The maximum absolute atomic E-state index is 13.1. The van der Waals surface area contributed by atoms with Crippen LogP contribution in [0.15, 0.2) is 53.9 Å². The van der Waals surface area contributed by atoms with E-state index in [1.165, 1.54) is 0 Å². The Bertz CT molecular complexity index is 885. The van der Waals surface area contributed by atoms with E-state index in [4.69, 9.17) is 5.10 Å². The molecular weight excluding hydrogens is 380 g/mol. The average molecular weight is 412 g/mol. The highest BCUT2D eigenvalue weighted by Gasteiger charge is 2.19. The van der Waals surface area contributed by atoms with Crippen LogP contribution in [0.25, 0.3) is 16.3 Å². The van der Waals surface area contributed by atoms with Gasteiger partial charge in [0, 0.05) is 6.04 Å². The summed E-state index contributed by atoms with van der Waals surface area (Å²) in [4.78, 5) is 15.7. The molecule has 2 N–H and O–H groups in total. The molecule has 0 unspecified atom stereocenters. The maximum atomic E-state index is 13.1. The summed E-state index contributed by atoms with van der Waals surface area (Å²) in [6, 6.07) is 15.9. The largest absolute Gasteiger partial charge is 0.348 e. The molecule has 3 rings (SSSR count). The van der Waals surface area contributed by atoms with E-state index in [2.05, 4.69) is 26.1 Å². The predicted molar refractivity (Wildman–Crippen MR) is 120 cm³/mol. The minimum Gasteiger partial charge on any atom is -0.348 e. The van der Waals surface area contributed by atoms with E-state index in [9.17, 15) is 4.79 Å². The van der Waals surface area contributed by atoms with Gasteiger partial charge >= 0.3 is 0 Å². The molecule has 1 aromatic carbocycles. The normalized spacial score (nSPS) is 12.3. The second-order valence-electron chi connectivity index (χ2n) is 7.36. The zero-order valence-electron chi connectivity index (χ0n) is 17.5. The van der Waals surface area contributed by atoms with Gasteiger partial charge in [-0.05, 0) is 63.3 Å². The lowest BCUT2D eigenvalue weighted by Crippen LogP contribution is -3.11. The molecule has 0 aliphatic heterocycles. The van der Waals surface area contributed by atoms with Crippen molar-refractivity contribution in [1.82, 2.24) is 15.1 Å². The van der Waals surface area contributed by atoms with Crippen LogP contribution in [0.5, 0.6) is 0 Å². The van der Waals surface area contributed by atoms with Crippen molar-refractivity contribution in [3.8, 4) is 16.3 Å². The van der Waals surface area contributed by atoms with Crippen LogP contribution in [0.2, 0.25) is 0 Å². The van der Waals surface area contributed by atoms with Crippen molar-refractivity contribution >= 4 is 17.2 Å². The molecule has 0 saturated carbocycles. The number of para-hydroxylation sites is 1. The molecule has 0 bridgehead atoms. The highest BCUT2D eigenvalue weighted by molar-refractivity contribution is 7.13. The molecule has 5 nitrogen and oxygen atoms in total. The van der Waals surface area contributed by atoms with Crippen molar-refractivity contribution in [3.05, 3.63) is 59.6 Å². The smallest absolute Gasteiger partial charge is 0.270 e. The molecule has 0 aliphatic rings. The summed E-state index contributed by atoms with van der Waals surface area (Å²) in [5.74, 6) is -0.0770. The first kappa shape index (κ1) is 21.3. The van der Waals surface area contributed by atoms with Gasteiger partial charge in [0.2, 0.25) is 0 Å². The molecule has 0 fully saturated rings. The average Bonchev–Trinajstić information content (AvgIpc) is 3.41. The fourth-order valence-electron chi connectivity index (χ4n) is 3.49. The third-order valence-corrected chi connectivity index (χ3v) is 6.15. The molecule has 0 spiro atoms. The van der Waals surface area contributed by atoms with Gasteiger partial charge in [-0.3, -0.25) is 4.79 Å². The van der Waals surface area contributed by atoms with Crippen LogP contribution in [-0.4, -0.2) is 41.4 Å². The first-order chi connectivity index (χ1) is 14.1. The number of carbonyl (C=O) groups excluding carboxylic acids is 1. The predicted octanol–water partition coefficient (Wildman–Crippen LogP) is 3.42. The Balaban J connectivity index is 1.73. The number of carbonyl (C=O) groups is 1. The van der Waals surface area contributed by atoms with Gasteiger partial charge < -0.3 is 10.2 Å². The van der Waals surface area contributed by atoms with Crippen molar-refractivity contribution in [3.63, 3.8) is 0 Å². The third-order valence-electron chi connectivity index (χ3n) is 5.26. The van der Waals surface area contributed by atoms with Crippen LogP contribution in [0.4, 0.5) is 0 Å². The first-order valence-corrected chi connectivity index (χ1v) is 11.3. The first-order valence-electron chi connectivity index (χ1n) is 10.5. The quantitative estimate of drug-likeness (QED) is 0.537. The van der Waals surface area contributed by atoms with Gasteiger partial charge in [0.25, 0.3) is 5.91 Å². The molecule has 3 aromatic rings. The highest BCUT2D eigenvalue weighted by Crippen LogP contribution is 2.25. The third kappa shape index (κ3) is 5.55. The Labute approximate surface area is 177 Å². The number of rotatable bonds is 10. The van der Waals surface area contributed by atoms with E-state index in [1.807, 2.05) is 53.9 Å². The summed E-state index contributed by atoms with van der Waals surface area (Å²) in [6.07, 6.45) is 2.09. The lowest BCUT2D eigenvalue weighted by atomic mass is 10.1. The molecule has 2 heterocycles. The molecule has 0 radical (unpaired) electrons. The van der Waals surface area contributed by atoms with E-state index in [1.54, 1.807) is 20.9 Å². The van der Waals surface area contributed by atoms with Gasteiger partial charge in [-0.1, -0.05) is 24.3 Å². The van der Waals surface area contributed by atoms with Gasteiger partial charge in [-0.25, -0.2) is 4.68 Å². The molecule has 6 heteroatoms. The van der Waals surface area contributed by atoms with Gasteiger partial charge in [0.1, 0.15) is 11.4 Å². The highest BCUT2D eigenvalue weighted by atomic mass is 32.1. The van der Waals surface area contributed by atoms with Crippen LogP contribution in [-0.2, 0) is 0 Å². The van der Waals surface area contributed by atoms with E-state index < -0.39 is 0 Å². The molecule has 154 valence electrons. The Morgan fingerprint density at radius 1 is 1.17 bits per heavy atom. The number of benzene rings is 1. The van der Waals surface area contributed by atoms with E-state index in [-0.39, 0.29) is 11.9 Å². The number of thiophene rings is 1. The molecule has 0 aliphatic carbocycles. The molecule has 1 amide bonds. The van der Waals surface area contributed by atoms with Crippen LogP contribution in [0.1, 0.15) is 44.1 Å². The number of aromatic nitrogens is 2. The molecule has 29 heavy (non-hydrogen) atoms. The summed E-state index contributed by atoms with van der Waals surface area (Å²) in [6.45, 7) is 9.98. The number of hydrogen-bond acceptors (Lipinski definition) is 3.